The van der Waals surface area contributed by atoms with Crippen LogP contribution in [0.3, 0.4) is 0 Å². The number of rotatable bonds is 0. The third-order valence-electron chi connectivity index (χ3n) is 1.29. The third-order valence-corrected chi connectivity index (χ3v) is 2.88. The standard InChI is InChI=1S/C5H9O3S/c6-5-2-1-3-9(7,8)4-5/h4-6H,1-3H2. The summed E-state index contributed by atoms with van der Waals surface area (Å²) in [7, 11) is -3.01. The second-order valence-corrected chi connectivity index (χ2v) is 4.22. The first-order chi connectivity index (χ1) is 4.10. The number of aliphatic hydroxyl groups excluding tert-OH is 1. The lowest BCUT2D eigenvalue weighted by Crippen LogP contribution is -2.23. The minimum absolute atomic E-state index is 0.198. The molecule has 1 aliphatic rings. The van der Waals surface area contributed by atoms with Crippen LogP contribution in [-0.2, 0) is 9.84 Å². The molecule has 0 aromatic carbocycles. The van der Waals surface area contributed by atoms with Crippen molar-refractivity contribution in [2.45, 2.75) is 18.9 Å². The van der Waals surface area contributed by atoms with Gasteiger partial charge in [-0.1, -0.05) is 0 Å². The highest BCUT2D eigenvalue weighted by Crippen LogP contribution is 2.15. The van der Waals surface area contributed by atoms with Crippen LogP contribution in [0.4, 0.5) is 0 Å². The Morgan fingerprint density at radius 1 is 1.56 bits per heavy atom. The fourth-order valence-corrected chi connectivity index (χ4v) is 2.19. The number of aliphatic hydroxyl groups is 1. The summed E-state index contributed by atoms with van der Waals surface area (Å²) < 4.78 is 21.3. The molecule has 9 heavy (non-hydrogen) atoms. The molecule has 1 unspecified atom stereocenters. The number of hydrogen-bond donors (Lipinski definition) is 1. The Morgan fingerprint density at radius 2 is 2.22 bits per heavy atom. The molecule has 1 rings (SSSR count). The Hall–Kier alpha value is -0.0900. The van der Waals surface area contributed by atoms with Crippen molar-refractivity contribution < 1.29 is 13.5 Å². The fraction of sp³-hybridized carbons (Fsp3) is 0.800. The first kappa shape index (κ1) is 7.02. The van der Waals surface area contributed by atoms with Gasteiger partial charge in [0, 0.05) is 0 Å². The molecule has 0 bridgehead atoms. The van der Waals surface area contributed by atoms with Gasteiger partial charge >= 0.3 is 0 Å². The highest BCUT2D eigenvalue weighted by Gasteiger charge is 2.22. The van der Waals surface area contributed by atoms with Gasteiger partial charge < -0.3 is 5.11 Å². The van der Waals surface area contributed by atoms with Gasteiger partial charge in [0.1, 0.15) is 5.75 Å². The van der Waals surface area contributed by atoms with Crippen LogP contribution in [0, 0.1) is 5.75 Å². The van der Waals surface area contributed by atoms with Crippen molar-refractivity contribution in [3.63, 3.8) is 0 Å². The first-order valence-corrected chi connectivity index (χ1v) is 4.57. The lowest BCUT2D eigenvalue weighted by molar-refractivity contribution is 0.200. The molecule has 3 nitrogen and oxygen atoms in total. The molecule has 1 aliphatic heterocycles. The van der Waals surface area contributed by atoms with E-state index in [1.165, 1.54) is 0 Å². The molecule has 0 saturated carbocycles. The number of sulfone groups is 1. The maximum atomic E-state index is 10.6. The largest absolute Gasteiger partial charge is 0.392 e. The van der Waals surface area contributed by atoms with E-state index in [-0.39, 0.29) is 5.75 Å². The van der Waals surface area contributed by atoms with E-state index in [9.17, 15) is 8.42 Å². The minimum atomic E-state index is -3.01. The van der Waals surface area contributed by atoms with Crippen LogP contribution in [0.15, 0.2) is 0 Å². The Morgan fingerprint density at radius 3 is 2.56 bits per heavy atom. The summed E-state index contributed by atoms with van der Waals surface area (Å²) >= 11 is 0. The van der Waals surface area contributed by atoms with E-state index in [4.69, 9.17) is 5.11 Å². The van der Waals surface area contributed by atoms with E-state index in [1.807, 2.05) is 0 Å². The smallest absolute Gasteiger partial charge is 0.157 e. The number of hydrogen-bond acceptors (Lipinski definition) is 3. The maximum absolute atomic E-state index is 10.6. The molecule has 0 amide bonds. The van der Waals surface area contributed by atoms with Crippen molar-refractivity contribution in [3.8, 4) is 0 Å². The van der Waals surface area contributed by atoms with Crippen LogP contribution in [0.2, 0.25) is 0 Å². The van der Waals surface area contributed by atoms with Crippen molar-refractivity contribution in [3.05, 3.63) is 5.75 Å². The monoisotopic (exact) mass is 149 g/mol. The molecule has 1 fully saturated rings. The second-order valence-electron chi connectivity index (χ2n) is 2.21. The van der Waals surface area contributed by atoms with Gasteiger partial charge in [-0.3, -0.25) is 0 Å². The summed E-state index contributed by atoms with van der Waals surface area (Å²) in [6.07, 6.45) is 0.433. The lowest BCUT2D eigenvalue weighted by atomic mass is 10.2. The summed E-state index contributed by atoms with van der Waals surface area (Å²) in [5.74, 6) is 1.22. The van der Waals surface area contributed by atoms with Gasteiger partial charge in [0.05, 0.1) is 11.9 Å². The van der Waals surface area contributed by atoms with Crippen molar-refractivity contribution in [2.75, 3.05) is 5.75 Å². The van der Waals surface area contributed by atoms with Crippen molar-refractivity contribution in [1.29, 1.82) is 0 Å². The van der Waals surface area contributed by atoms with Gasteiger partial charge in [-0.2, -0.15) is 0 Å². The Labute approximate surface area is 54.6 Å². The Balaban J connectivity index is 2.62. The zero-order chi connectivity index (χ0) is 6.91. The molecule has 1 N–H and O–H groups in total. The zero-order valence-corrected chi connectivity index (χ0v) is 5.76. The molecule has 53 valence electrons. The highest BCUT2D eigenvalue weighted by atomic mass is 32.2. The minimum Gasteiger partial charge on any atom is -0.392 e. The summed E-state index contributed by atoms with van der Waals surface area (Å²) in [6.45, 7) is 0. The molecule has 0 spiro atoms. The van der Waals surface area contributed by atoms with Crippen LogP contribution < -0.4 is 0 Å². The van der Waals surface area contributed by atoms with E-state index in [0.717, 1.165) is 5.75 Å². The van der Waals surface area contributed by atoms with Gasteiger partial charge in [0.25, 0.3) is 0 Å². The second kappa shape index (κ2) is 2.27. The van der Waals surface area contributed by atoms with Crippen LogP contribution >= 0.6 is 0 Å². The molecule has 0 aromatic heterocycles. The van der Waals surface area contributed by atoms with Gasteiger partial charge in [0.15, 0.2) is 9.84 Å². The highest BCUT2D eigenvalue weighted by molar-refractivity contribution is 7.93. The summed E-state index contributed by atoms with van der Waals surface area (Å²) in [5, 5.41) is 8.81. The van der Waals surface area contributed by atoms with Gasteiger partial charge in [-0.25, -0.2) is 8.42 Å². The first-order valence-electron chi connectivity index (χ1n) is 2.86. The average molecular weight is 149 g/mol. The quantitative estimate of drug-likeness (QED) is 0.515. The van der Waals surface area contributed by atoms with Crippen molar-refractivity contribution >= 4 is 9.84 Å². The summed E-state index contributed by atoms with van der Waals surface area (Å²) in [6, 6.07) is 0. The topological polar surface area (TPSA) is 54.4 Å². The van der Waals surface area contributed by atoms with Crippen LogP contribution in [0.5, 0.6) is 0 Å². The molecule has 1 atom stereocenters. The van der Waals surface area contributed by atoms with E-state index in [0.29, 0.717) is 12.8 Å². The van der Waals surface area contributed by atoms with E-state index < -0.39 is 15.9 Å². The summed E-state index contributed by atoms with van der Waals surface area (Å²) in [4.78, 5) is 0. The molecule has 4 heteroatoms. The molecule has 1 heterocycles. The molecule has 1 radical (unpaired) electrons. The summed E-state index contributed by atoms with van der Waals surface area (Å²) in [5.41, 5.74) is 0. The van der Waals surface area contributed by atoms with Crippen molar-refractivity contribution in [1.82, 2.24) is 0 Å². The molecule has 0 aliphatic carbocycles. The Kier molecular flexibility index (Phi) is 1.77. The van der Waals surface area contributed by atoms with E-state index in [1.54, 1.807) is 0 Å². The van der Waals surface area contributed by atoms with Gasteiger partial charge in [0.2, 0.25) is 0 Å². The predicted octanol–water partition coefficient (Wildman–Crippen LogP) is -0.282. The van der Waals surface area contributed by atoms with Gasteiger partial charge in [-0.05, 0) is 12.8 Å². The molecular weight excluding hydrogens is 140 g/mol. The molecule has 0 aromatic rings. The van der Waals surface area contributed by atoms with E-state index in [2.05, 4.69) is 0 Å². The zero-order valence-electron chi connectivity index (χ0n) is 4.95. The van der Waals surface area contributed by atoms with Gasteiger partial charge in [-0.15, -0.1) is 0 Å². The SMILES string of the molecule is O=S1(=O)[CH]C(O)CCC1. The lowest BCUT2D eigenvalue weighted by Gasteiger charge is -2.15. The third kappa shape index (κ3) is 1.95. The van der Waals surface area contributed by atoms with Crippen LogP contribution in [-0.4, -0.2) is 25.4 Å². The van der Waals surface area contributed by atoms with E-state index >= 15 is 0 Å². The average Bonchev–Trinajstić information content (AvgIpc) is 1.60. The van der Waals surface area contributed by atoms with Crippen LogP contribution in [0.1, 0.15) is 12.8 Å². The van der Waals surface area contributed by atoms with Crippen LogP contribution in [0.25, 0.3) is 0 Å². The molecular formula is C5H9O3S. The molecule has 1 saturated heterocycles. The maximum Gasteiger partial charge on any atom is 0.157 e. The normalized spacial score (nSPS) is 34.1. The fourth-order valence-electron chi connectivity index (χ4n) is 0.869. The van der Waals surface area contributed by atoms with Crippen molar-refractivity contribution in [2.24, 2.45) is 0 Å². The predicted molar refractivity (Wildman–Crippen MR) is 33.3 cm³/mol. The Bertz CT molecular complexity index is 182.